The van der Waals surface area contributed by atoms with E-state index in [2.05, 4.69) is 0 Å². The lowest BCUT2D eigenvalue weighted by molar-refractivity contribution is -0.00954. The van der Waals surface area contributed by atoms with Gasteiger partial charge in [0, 0.05) is 0 Å². The number of nitrogens with zero attached hydrogens (tertiary/aromatic N) is 1. The van der Waals surface area contributed by atoms with Crippen molar-refractivity contribution in [3.05, 3.63) is 0 Å². The van der Waals surface area contributed by atoms with Crippen LogP contribution in [0, 0.1) is 0 Å². The molecule has 1 heterocycles. The molecular weight excluding hydrogens is 198 g/mol. The zero-order chi connectivity index (χ0) is 11.6. The molecule has 0 bridgehead atoms. The van der Waals surface area contributed by atoms with Crippen molar-refractivity contribution >= 4 is 6.09 Å². The molecule has 1 aliphatic rings. The van der Waals surface area contributed by atoms with E-state index < -0.39 is 11.7 Å². The fourth-order valence-electron chi connectivity index (χ4n) is 1.46. The van der Waals surface area contributed by atoms with Gasteiger partial charge in [0.1, 0.15) is 11.8 Å². The number of aliphatic hydroxyl groups is 1. The molecule has 1 unspecified atom stereocenters. The molecule has 0 radical (unpaired) electrons. The Morgan fingerprint density at radius 1 is 1.60 bits per heavy atom. The van der Waals surface area contributed by atoms with E-state index in [1.54, 1.807) is 27.7 Å². The summed E-state index contributed by atoms with van der Waals surface area (Å²) < 4.78 is 10.5. The lowest BCUT2D eigenvalue weighted by Gasteiger charge is -2.28. The van der Waals surface area contributed by atoms with Gasteiger partial charge in [0.05, 0.1) is 19.3 Å². The molecule has 1 rings (SSSR count). The van der Waals surface area contributed by atoms with Gasteiger partial charge in [0.25, 0.3) is 0 Å². The van der Waals surface area contributed by atoms with Gasteiger partial charge in [0.15, 0.2) is 0 Å². The number of rotatable bonds is 1. The number of carbonyl (C=O) groups is 1. The predicted octanol–water partition coefficient (Wildman–Crippen LogP) is 0.961. The highest BCUT2D eigenvalue weighted by atomic mass is 16.6. The van der Waals surface area contributed by atoms with Crippen LogP contribution in [0.25, 0.3) is 0 Å². The van der Waals surface area contributed by atoms with Crippen LogP contribution in [0.4, 0.5) is 4.79 Å². The summed E-state index contributed by atoms with van der Waals surface area (Å²) in [6.07, 6.45) is -0.774. The molecule has 5 heteroatoms. The molecule has 0 aromatic rings. The summed E-state index contributed by atoms with van der Waals surface area (Å²) in [6, 6.07) is -0.296. The topological polar surface area (TPSA) is 59.0 Å². The standard InChI is InChI=1S/C10H19NO4/c1-7-11(8(5-12)6-14-7)9(13)15-10(2,3)4/h7-8,12H,5-6H2,1-4H3/t7?,8-/m1/s1. The van der Waals surface area contributed by atoms with Crippen LogP contribution in [-0.4, -0.2) is 47.2 Å². The van der Waals surface area contributed by atoms with Crippen LogP contribution >= 0.6 is 0 Å². The first-order valence-electron chi connectivity index (χ1n) is 5.09. The molecule has 1 amide bonds. The molecule has 0 saturated carbocycles. The SMILES string of the molecule is CC1OC[C@@H](CO)N1C(=O)OC(C)(C)C. The highest BCUT2D eigenvalue weighted by molar-refractivity contribution is 5.69. The second-order valence-corrected chi connectivity index (χ2v) is 4.66. The number of ether oxygens (including phenoxy) is 2. The minimum absolute atomic E-state index is 0.108. The number of aliphatic hydroxyl groups excluding tert-OH is 1. The van der Waals surface area contributed by atoms with E-state index in [0.717, 1.165) is 0 Å². The molecule has 0 aromatic heterocycles. The van der Waals surface area contributed by atoms with E-state index in [1.807, 2.05) is 0 Å². The van der Waals surface area contributed by atoms with Gasteiger partial charge in [-0.25, -0.2) is 4.79 Å². The van der Waals surface area contributed by atoms with Gasteiger partial charge >= 0.3 is 6.09 Å². The average molecular weight is 217 g/mol. The summed E-state index contributed by atoms with van der Waals surface area (Å²) in [7, 11) is 0. The Hall–Kier alpha value is -0.810. The number of amides is 1. The number of carbonyl (C=O) groups excluding carboxylic acids is 1. The molecule has 1 aliphatic heterocycles. The van der Waals surface area contributed by atoms with E-state index in [0.29, 0.717) is 6.61 Å². The summed E-state index contributed by atoms with van der Waals surface area (Å²) in [5.41, 5.74) is -0.528. The predicted molar refractivity (Wildman–Crippen MR) is 54.4 cm³/mol. The normalized spacial score (nSPS) is 26.9. The van der Waals surface area contributed by atoms with Crippen LogP contribution in [0.1, 0.15) is 27.7 Å². The highest BCUT2D eigenvalue weighted by Crippen LogP contribution is 2.20. The Morgan fingerprint density at radius 3 is 2.67 bits per heavy atom. The van der Waals surface area contributed by atoms with Gasteiger partial charge < -0.3 is 14.6 Å². The minimum atomic E-state index is -0.528. The fourth-order valence-corrected chi connectivity index (χ4v) is 1.46. The van der Waals surface area contributed by atoms with Crippen LogP contribution in [0.3, 0.4) is 0 Å². The van der Waals surface area contributed by atoms with Crippen LogP contribution in [0.5, 0.6) is 0 Å². The third-order valence-corrected chi connectivity index (χ3v) is 2.13. The zero-order valence-electron chi connectivity index (χ0n) is 9.69. The lowest BCUT2D eigenvalue weighted by atomic mass is 10.2. The Balaban J connectivity index is 2.64. The van der Waals surface area contributed by atoms with Gasteiger partial charge in [-0.1, -0.05) is 0 Å². The molecular formula is C10H19NO4. The van der Waals surface area contributed by atoms with Crippen molar-refractivity contribution in [2.45, 2.75) is 45.6 Å². The van der Waals surface area contributed by atoms with E-state index in [9.17, 15) is 4.79 Å². The largest absolute Gasteiger partial charge is 0.444 e. The van der Waals surface area contributed by atoms with Crippen LogP contribution < -0.4 is 0 Å². The van der Waals surface area contributed by atoms with Crippen molar-refractivity contribution in [3.8, 4) is 0 Å². The van der Waals surface area contributed by atoms with E-state index in [4.69, 9.17) is 14.6 Å². The fraction of sp³-hybridized carbons (Fsp3) is 0.900. The van der Waals surface area contributed by atoms with Crippen molar-refractivity contribution < 1.29 is 19.4 Å². The van der Waals surface area contributed by atoms with Gasteiger partial charge in [-0.15, -0.1) is 0 Å². The van der Waals surface area contributed by atoms with Gasteiger partial charge in [0.2, 0.25) is 0 Å². The Bertz CT molecular complexity index is 236. The van der Waals surface area contributed by atoms with Gasteiger partial charge in [-0.2, -0.15) is 0 Å². The van der Waals surface area contributed by atoms with Gasteiger partial charge in [-0.05, 0) is 27.7 Å². The van der Waals surface area contributed by atoms with Crippen molar-refractivity contribution in [1.29, 1.82) is 0 Å². The smallest absolute Gasteiger partial charge is 0.412 e. The monoisotopic (exact) mass is 217 g/mol. The molecule has 5 nitrogen and oxygen atoms in total. The Labute approximate surface area is 90.0 Å². The summed E-state index contributed by atoms with van der Waals surface area (Å²) in [4.78, 5) is 13.2. The second kappa shape index (κ2) is 4.37. The quantitative estimate of drug-likeness (QED) is 0.710. The number of hydrogen-bond donors (Lipinski definition) is 1. The van der Waals surface area contributed by atoms with Crippen LogP contribution in [0.15, 0.2) is 0 Å². The summed E-state index contributed by atoms with van der Waals surface area (Å²) in [5, 5.41) is 9.07. The average Bonchev–Trinajstić information content (AvgIpc) is 2.43. The molecule has 1 N–H and O–H groups in total. The van der Waals surface area contributed by atoms with Gasteiger partial charge in [-0.3, -0.25) is 4.90 Å². The first-order chi connectivity index (χ1) is 6.85. The second-order valence-electron chi connectivity index (χ2n) is 4.66. The third kappa shape index (κ3) is 3.07. The van der Waals surface area contributed by atoms with E-state index >= 15 is 0 Å². The van der Waals surface area contributed by atoms with Crippen LogP contribution in [-0.2, 0) is 9.47 Å². The number of hydrogen-bond acceptors (Lipinski definition) is 4. The Morgan fingerprint density at radius 2 is 2.20 bits per heavy atom. The maximum absolute atomic E-state index is 11.8. The minimum Gasteiger partial charge on any atom is -0.444 e. The van der Waals surface area contributed by atoms with Crippen molar-refractivity contribution in [2.75, 3.05) is 13.2 Å². The highest BCUT2D eigenvalue weighted by Gasteiger charge is 2.37. The molecule has 1 saturated heterocycles. The molecule has 0 aromatic carbocycles. The molecule has 0 aliphatic carbocycles. The summed E-state index contributed by atoms with van der Waals surface area (Å²) in [5.74, 6) is 0. The molecule has 2 atom stereocenters. The lowest BCUT2D eigenvalue weighted by Crippen LogP contribution is -2.45. The zero-order valence-corrected chi connectivity index (χ0v) is 9.69. The maximum Gasteiger partial charge on any atom is 0.412 e. The summed E-state index contributed by atoms with van der Waals surface area (Å²) >= 11 is 0. The van der Waals surface area contributed by atoms with Crippen molar-refractivity contribution in [2.24, 2.45) is 0 Å². The maximum atomic E-state index is 11.8. The molecule has 15 heavy (non-hydrogen) atoms. The molecule has 0 spiro atoms. The van der Waals surface area contributed by atoms with E-state index in [-0.39, 0.29) is 18.9 Å². The van der Waals surface area contributed by atoms with Crippen LogP contribution in [0.2, 0.25) is 0 Å². The third-order valence-electron chi connectivity index (χ3n) is 2.13. The molecule has 88 valence electrons. The summed E-state index contributed by atoms with van der Waals surface area (Å²) in [6.45, 7) is 7.43. The van der Waals surface area contributed by atoms with Crippen molar-refractivity contribution in [1.82, 2.24) is 4.90 Å². The first-order valence-corrected chi connectivity index (χ1v) is 5.09. The first kappa shape index (κ1) is 12.3. The van der Waals surface area contributed by atoms with Crippen molar-refractivity contribution in [3.63, 3.8) is 0 Å². The van der Waals surface area contributed by atoms with E-state index in [1.165, 1.54) is 4.90 Å². The molecule has 1 fully saturated rings. The Kier molecular flexibility index (Phi) is 3.57.